The van der Waals surface area contributed by atoms with Crippen LogP contribution >= 0.6 is 0 Å². The molecule has 4 rings (SSSR count). The van der Waals surface area contributed by atoms with Crippen LogP contribution in [0.5, 0.6) is 5.75 Å². The Morgan fingerprint density at radius 3 is 2.39 bits per heavy atom. The molecule has 0 saturated carbocycles. The number of fused-ring (bicyclic) bond motifs is 2. The predicted molar refractivity (Wildman–Crippen MR) is 90.8 cm³/mol. The number of hydrogen-bond donors (Lipinski definition) is 0. The van der Waals surface area contributed by atoms with Gasteiger partial charge in [0.05, 0.1) is 5.39 Å². The van der Waals surface area contributed by atoms with Gasteiger partial charge in [0, 0.05) is 0 Å². The zero-order valence-electron chi connectivity index (χ0n) is 12.4. The minimum atomic E-state index is -0.0643. The van der Waals surface area contributed by atoms with Crippen molar-refractivity contribution in [3.05, 3.63) is 88.6 Å². The normalized spacial score (nSPS) is 11.0. The van der Waals surface area contributed by atoms with Gasteiger partial charge in [-0.2, -0.15) is 0 Å². The molecular formula is C20H14O3. The van der Waals surface area contributed by atoms with Crippen LogP contribution in [0.1, 0.15) is 5.56 Å². The second-order valence-electron chi connectivity index (χ2n) is 5.33. The van der Waals surface area contributed by atoms with Gasteiger partial charge >= 0.3 is 0 Å². The summed E-state index contributed by atoms with van der Waals surface area (Å²) in [6.45, 7) is 0.409. The molecular weight excluding hydrogens is 288 g/mol. The van der Waals surface area contributed by atoms with Gasteiger partial charge in [-0.15, -0.1) is 0 Å². The second-order valence-corrected chi connectivity index (χ2v) is 5.33. The molecule has 0 amide bonds. The van der Waals surface area contributed by atoms with Crippen molar-refractivity contribution in [1.29, 1.82) is 0 Å². The van der Waals surface area contributed by atoms with E-state index in [9.17, 15) is 4.79 Å². The van der Waals surface area contributed by atoms with Crippen molar-refractivity contribution < 1.29 is 9.15 Å². The van der Waals surface area contributed by atoms with Crippen LogP contribution in [0.25, 0.3) is 21.9 Å². The molecule has 0 saturated heterocycles. The Hall–Kier alpha value is -3.07. The zero-order valence-corrected chi connectivity index (χ0v) is 12.4. The Morgan fingerprint density at radius 1 is 0.783 bits per heavy atom. The molecule has 0 aliphatic rings. The highest BCUT2D eigenvalue weighted by atomic mass is 16.5. The fraction of sp³-hybridized carbons (Fsp3) is 0.0500. The highest BCUT2D eigenvalue weighted by molar-refractivity contribution is 5.93. The van der Waals surface area contributed by atoms with E-state index in [1.54, 1.807) is 24.3 Å². The number of hydrogen-bond acceptors (Lipinski definition) is 3. The summed E-state index contributed by atoms with van der Waals surface area (Å²) >= 11 is 0. The van der Waals surface area contributed by atoms with Crippen LogP contribution in [-0.4, -0.2) is 0 Å². The quantitative estimate of drug-likeness (QED) is 0.522. The molecule has 3 heteroatoms. The molecule has 3 aromatic carbocycles. The summed E-state index contributed by atoms with van der Waals surface area (Å²) in [7, 11) is 0. The Balaban J connectivity index is 1.84. The van der Waals surface area contributed by atoms with Crippen LogP contribution in [0.15, 0.2) is 82.0 Å². The van der Waals surface area contributed by atoms with Crippen LogP contribution in [0, 0.1) is 0 Å². The first kappa shape index (κ1) is 13.6. The molecule has 4 aromatic rings. The molecule has 23 heavy (non-hydrogen) atoms. The molecule has 0 fully saturated rings. The van der Waals surface area contributed by atoms with E-state index >= 15 is 0 Å². The molecule has 0 aliphatic heterocycles. The summed E-state index contributed by atoms with van der Waals surface area (Å²) in [6.07, 6.45) is 0. The lowest BCUT2D eigenvalue weighted by molar-refractivity contribution is 0.309. The van der Waals surface area contributed by atoms with E-state index in [4.69, 9.17) is 9.15 Å². The first-order valence-corrected chi connectivity index (χ1v) is 7.44. The van der Waals surface area contributed by atoms with Crippen molar-refractivity contribution in [2.75, 3.05) is 0 Å². The Kier molecular flexibility index (Phi) is 3.31. The molecule has 0 radical (unpaired) electrons. The van der Waals surface area contributed by atoms with E-state index < -0.39 is 0 Å². The second kappa shape index (κ2) is 5.61. The summed E-state index contributed by atoms with van der Waals surface area (Å²) in [5, 5.41) is 1.05. The van der Waals surface area contributed by atoms with E-state index in [0.29, 0.717) is 34.3 Å². The number of para-hydroxylation sites is 1. The first-order chi connectivity index (χ1) is 11.3. The van der Waals surface area contributed by atoms with Gasteiger partial charge in [-0.1, -0.05) is 48.5 Å². The SMILES string of the molecule is O=c1c2ccccc2oc2cccc(OCc3ccccc3)c12. The molecule has 1 aromatic heterocycles. The van der Waals surface area contributed by atoms with Gasteiger partial charge in [0.2, 0.25) is 5.43 Å². The Bertz CT molecular complexity index is 1030. The van der Waals surface area contributed by atoms with Gasteiger partial charge in [0.25, 0.3) is 0 Å². The minimum absolute atomic E-state index is 0.0643. The highest BCUT2D eigenvalue weighted by Crippen LogP contribution is 2.26. The number of ether oxygens (including phenoxy) is 1. The van der Waals surface area contributed by atoms with Crippen molar-refractivity contribution in [3.63, 3.8) is 0 Å². The van der Waals surface area contributed by atoms with E-state index in [1.165, 1.54) is 0 Å². The van der Waals surface area contributed by atoms with E-state index in [0.717, 1.165) is 5.56 Å². The molecule has 112 valence electrons. The summed E-state index contributed by atoms with van der Waals surface area (Å²) in [4.78, 5) is 12.8. The molecule has 0 N–H and O–H groups in total. The topological polar surface area (TPSA) is 39.4 Å². The molecule has 0 spiro atoms. The fourth-order valence-electron chi connectivity index (χ4n) is 2.67. The lowest BCUT2D eigenvalue weighted by Gasteiger charge is -2.09. The maximum absolute atomic E-state index is 12.8. The molecule has 0 aliphatic carbocycles. The molecule has 1 heterocycles. The van der Waals surface area contributed by atoms with Gasteiger partial charge in [0.15, 0.2) is 0 Å². The average molecular weight is 302 g/mol. The van der Waals surface area contributed by atoms with Crippen molar-refractivity contribution in [2.24, 2.45) is 0 Å². The predicted octanol–water partition coefficient (Wildman–Crippen LogP) is 4.53. The van der Waals surface area contributed by atoms with Gasteiger partial charge in [-0.05, 0) is 29.8 Å². The average Bonchev–Trinajstić information content (AvgIpc) is 2.61. The molecule has 0 unspecified atom stereocenters. The van der Waals surface area contributed by atoms with Gasteiger partial charge in [-0.3, -0.25) is 4.79 Å². The summed E-state index contributed by atoms with van der Waals surface area (Å²) in [6, 6.07) is 22.5. The lowest BCUT2D eigenvalue weighted by Crippen LogP contribution is -2.05. The third-order valence-corrected chi connectivity index (χ3v) is 3.80. The maximum atomic E-state index is 12.8. The minimum Gasteiger partial charge on any atom is -0.488 e. The van der Waals surface area contributed by atoms with E-state index in [2.05, 4.69) is 0 Å². The summed E-state index contributed by atoms with van der Waals surface area (Å²) in [5.41, 5.74) is 2.12. The monoisotopic (exact) mass is 302 g/mol. The van der Waals surface area contributed by atoms with Gasteiger partial charge in [-0.25, -0.2) is 0 Å². The van der Waals surface area contributed by atoms with Crippen molar-refractivity contribution in [3.8, 4) is 5.75 Å². The standard InChI is InChI=1S/C20H14O3/c21-20-15-9-4-5-10-16(15)23-18-12-6-11-17(19(18)20)22-13-14-7-2-1-3-8-14/h1-12H,13H2. The van der Waals surface area contributed by atoms with E-state index in [-0.39, 0.29) is 5.43 Å². The molecule has 0 atom stereocenters. The molecule has 0 bridgehead atoms. The van der Waals surface area contributed by atoms with Gasteiger partial charge in [0.1, 0.15) is 28.9 Å². The lowest BCUT2D eigenvalue weighted by atomic mass is 10.1. The van der Waals surface area contributed by atoms with Crippen LogP contribution in [0.4, 0.5) is 0 Å². The number of rotatable bonds is 3. The van der Waals surface area contributed by atoms with Crippen LogP contribution in [-0.2, 0) is 6.61 Å². The summed E-state index contributed by atoms with van der Waals surface area (Å²) in [5.74, 6) is 0.547. The Morgan fingerprint density at radius 2 is 1.52 bits per heavy atom. The Labute approximate surface area is 132 Å². The fourth-order valence-corrected chi connectivity index (χ4v) is 2.67. The van der Waals surface area contributed by atoms with Gasteiger partial charge < -0.3 is 9.15 Å². The third kappa shape index (κ3) is 2.46. The van der Waals surface area contributed by atoms with Crippen LogP contribution < -0.4 is 10.2 Å². The smallest absolute Gasteiger partial charge is 0.204 e. The first-order valence-electron chi connectivity index (χ1n) is 7.44. The summed E-state index contributed by atoms with van der Waals surface area (Å²) < 4.78 is 11.7. The van der Waals surface area contributed by atoms with Crippen molar-refractivity contribution >= 4 is 21.9 Å². The highest BCUT2D eigenvalue weighted by Gasteiger charge is 2.12. The van der Waals surface area contributed by atoms with Crippen molar-refractivity contribution in [1.82, 2.24) is 0 Å². The zero-order chi connectivity index (χ0) is 15.6. The van der Waals surface area contributed by atoms with Crippen LogP contribution in [0.2, 0.25) is 0 Å². The maximum Gasteiger partial charge on any atom is 0.204 e. The molecule has 3 nitrogen and oxygen atoms in total. The van der Waals surface area contributed by atoms with E-state index in [1.807, 2.05) is 48.5 Å². The van der Waals surface area contributed by atoms with Crippen molar-refractivity contribution in [2.45, 2.75) is 6.61 Å². The number of benzene rings is 3. The largest absolute Gasteiger partial charge is 0.488 e. The van der Waals surface area contributed by atoms with Crippen LogP contribution in [0.3, 0.4) is 0 Å². The third-order valence-electron chi connectivity index (χ3n) is 3.80.